The van der Waals surface area contributed by atoms with Gasteiger partial charge in [-0.3, -0.25) is 4.79 Å². The van der Waals surface area contributed by atoms with E-state index in [1.165, 1.54) is 6.20 Å². The molecule has 0 aliphatic heterocycles. The minimum Gasteiger partial charge on any atom is -0.507 e. The third-order valence-electron chi connectivity index (χ3n) is 4.48. The predicted octanol–water partition coefficient (Wildman–Crippen LogP) is 3.73. The summed E-state index contributed by atoms with van der Waals surface area (Å²) < 4.78 is 5.13. The molecule has 0 saturated carbocycles. The van der Waals surface area contributed by atoms with Crippen LogP contribution < -0.4 is 15.4 Å². The molecular weight excluding hydrogens is 366 g/mol. The SMILES string of the molecule is COc1ccc(CCN/C=C(/C#N)C(=O)Nc2cccc3c(O)cccc23)cc1. The Balaban J connectivity index is 1.63. The highest BCUT2D eigenvalue weighted by Crippen LogP contribution is 2.29. The number of hydrogen-bond donors (Lipinski definition) is 3. The topological polar surface area (TPSA) is 94.4 Å². The fourth-order valence-electron chi connectivity index (χ4n) is 2.92. The van der Waals surface area contributed by atoms with Crippen molar-refractivity contribution >= 4 is 22.4 Å². The fraction of sp³-hybridized carbons (Fsp3) is 0.130. The number of amides is 1. The van der Waals surface area contributed by atoms with E-state index in [9.17, 15) is 15.2 Å². The molecule has 3 N–H and O–H groups in total. The normalized spacial score (nSPS) is 11.0. The summed E-state index contributed by atoms with van der Waals surface area (Å²) in [7, 11) is 1.62. The number of nitrogens with zero attached hydrogens (tertiary/aromatic N) is 1. The number of benzene rings is 3. The van der Waals surface area contributed by atoms with Crippen molar-refractivity contribution in [1.82, 2.24) is 5.32 Å². The molecule has 6 heteroatoms. The first kappa shape index (κ1) is 19.8. The second-order valence-electron chi connectivity index (χ2n) is 6.35. The lowest BCUT2D eigenvalue weighted by atomic mass is 10.1. The number of phenolic OH excluding ortho intramolecular Hbond substituents is 1. The van der Waals surface area contributed by atoms with Gasteiger partial charge >= 0.3 is 0 Å². The summed E-state index contributed by atoms with van der Waals surface area (Å²) in [6.45, 7) is 0.576. The monoisotopic (exact) mass is 387 g/mol. The fourth-order valence-corrected chi connectivity index (χ4v) is 2.92. The molecule has 0 bridgehead atoms. The molecule has 0 aliphatic rings. The molecule has 6 nitrogen and oxygen atoms in total. The molecule has 0 atom stereocenters. The van der Waals surface area contributed by atoms with Gasteiger partial charge in [-0.1, -0.05) is 36.4 Å². The average molecular weight is 387 g/mol. The van der Waals surface area contributed by atoms with Gasteiger partial charge in [-0.05, 0) is 36.2 Å². The Hall–Kier alpha value is -3.98. The van der Waals surface area contributed by atoms with Gasteiger partial charge in [0, 0.05) is 29.2 Å². The van der Waals surface area contributed by atoms with Gasteiger partial charge < -0.3 is 20.5 Å². The standard InChI is InChI=1S/C23H21N3O3/c1-29-18-10-8-16(9-11-18)12-13-25-15-17(14-24)23(28)26-21-6-2-5-20-19(21)4-3-7-22(20)27/h2-11,15,25,27H,12-13H2,1H3,(H,26,28)/b17-15-. The first-order valence-corrected chi connectivity index (χ1v) is 9.11. The third-order valence-corrected chi connectivity index (χ3v) is 4.48. The van der Waals surface area contributed by atoms with Crippen molar-refractivity contribution in [3.63, 3.8) is 0 Å². The molecule has 0 fully saturated rings. The number of phenols is 1. The number of aromatic hydroxyl groups is 1. The number of anilines is 1. The Morgan fingerprint density at radius 1 is 1.10 bits per heavy atom. The maximum Gasteiger partial charge on any atom is 0.267 e. The molecule has 1 amide bonds. The molecule has 0 spiro atoms. The number of rotatable bonds is 7. The van der Waals surface area contributed by atoms with E-state index in [0.29, 0.717) is 23.0 Å². The number of carbonyl (C=O) groups excluding carboxylic acids is 1. The number of nitrogens with one attached hydrogen (secondary N) is 2. The van der Waals surface area contributed by atoms with Crippen LogP contribution in [0.4, 0.5) is 5.69 Å². The molecule has 0 saturated heterocycles. The van der Waals surface area contributed by atoms with E-state index >= 15 is 0 Å². The van der Waals surface area contributed by atoms with Gasteiger partial charge in [-0.25, -0.2) is 0 Å². The lowest BCUT2D eigenvalue weighted by Crippen LogP contribution is -2.18. The lowest BCUT2D eigenvalue weighted by Gasteiger charge is -2.09. The van der Waals surface area contributed by atoms with E-state index in [2.05, 4.69) is 10.6 Å². The predicted molar refractivity (Wildman–Crippen MR) is 113 cm³/mol. The summed E-state index contributed by atoms with van der Waals surface area (Å²) in [6, 6.07) is 20.0. The molecule has 0 heterocycles. The molecule has 146 valence electrons. The van der Waals surface area contributed by atoms with Gasteiger partial charge in [-0.2, -0.15) is 5.26 Å². The van der Waals surface area contributed by atoms with Crippen molar-refractivity contribution in [2.75, 3.05) is 19.0 Å². The number of fused-ring (bicyclic) bond motifs is 1. The van der Waals surface area contributed by atoms with Gasteiger partial charge in [0.05, 0.1) is 7.11 Å². The van der Waals surface area contributed by atoms with Crippen LogP contribution in [0.25, 0.3) is 10.8 Å². The molecule has 0 aliphatic carbocycles. The van der Waals surface area contributed by atoms with Crippen LogP contribution in [-0.4, -0.2) is 24.7 Å². The Bertz CT molecular complexity index is 1080. The van der Waals surface area contributed by atoms with Gasteiger partial charge in [0.25, 0.3) is 5.91 Å². The minimum atomic E-state index is -0.514. The van der Waals surface area contributed by atoms with Crippen LogP contribution >= 0.6 is 0 Å². The minimum absolute atomic E-state index is 0.0307. The van der Waals surface area contributed by atoms with Crippen LogP contribution in [0.15, 0.2) is 72.4 Å². The van der Waals surface area contributed by atoms with E-state index in [1.807, 2.05) is 30.3 Å². The maximum atomic E-state index is 12.5. The van der Waals surface area contributed by atoms with Crippen LogP contribution in [0.5, 0.6) is 11.5 Å². The summed E-state index contributed by atoms with van der Waals surface area (Å²) in [4.78, 5) is 12.5. The van der Waals surface area contributed by atoms with Crippen LogP contribution in [0, 0.1) is 11.3 Å². The summed E-state index contributed by atoms with van der Waals surface area (Å²) in [5, 5.41) is 26.4. The average Bonchev–Trinajstić information content (AvgIpc) is 2.75. The van der Waals surface area contributed by atoms with Crippen molar-refractivity contribution in [3.05, 3.63) is 78.0 Å². The number of hydrogen-bond acceptors (Lipinski definition) is 5. The number of ether oxygens (including phenoxy) is 1. The molecule has 0 aromatic heterocycles. The number of carbonyl (C=O) groups is 1. The quantitative estimate of drug-likeness (QED) is 0.326. The van der Waals surface area contributed by atoms with Gasteiger partial charge in [-0.15, -0.1) is 0 Å². The van der Waals surface area contributed by atoms with Crippen molar-refractivity contribution in [3.8, 4) is 17.6 Å². The Morgan fingerprint density at radius 3 is 2.55 bits per heavy atom. The Morgan fingerprint density at radius 2 is 1.83 bits per heavy atom. The highest BCUT2D eigenvalue weighted by molar-refractivity contribution is 6.11. The van der Waals surface area contributed by atoms with Crippen LogP contribution in [0.2, 0.25) is 0 Å². The van der Waals surface area contributed by atoms with Crippen molar-refractivity contribution in [1.29, 1.82) is 5.26 Å². The van der Waals surface area contributed by atoms with Gasteiger partial charge in [0.2, 0.25) is 0 Å². The zero-order chi connectivity index (χ0) is 20.6. The zero-order valence-corrected chi connectivity index (χ0v) is 16.0. The lowest BCUT2D eigenvalue weighted by molar-refractivity contribution is -0.112. The molecule has 0 radical (unpaired) electrons. The molecule has 29 heavy (non-hydrogen) atoms. The highest BCUT2D eigenvalue weighted by atomic mass is 16.5. The third kappa shape index (κ3) is 4.85. The largest absolute Gasteiger partial charge is 0.507 e. The van der Waals surface area contributed by atoms with Crippen LogP contribution in [0.1, 0.15) is 5.56 Å². The van der Waals surface area contributed by atoms with Gasteiger partial charge in [0.15, 0.2) is 0 Å². The van der Waals surface area contributed by atoms with Crippen molar-refractivity contribution in [2.45, 2.75) is 6.42 Å². The highest BCUT2D eigenvalue weighted by Gasteiger charge is 2.12. The number of nitriles is 1. The smallest absolute Gasteiger partial charge is 0.267 e. The van der Waals surface area contributed by atoms with Crippen LogP contribution in [0.3, 0.4) is 0 Å². The van der Waals surface area contributed by atoms with Crippen molar-refractivity contribution < 1.29 is 14.6 Å². The van der Waals surface area contributed by atoms with Gasteiger partial charge in [0.1, 0.15) is 23.1 Å². The zero-order valence-electron chi connectivity index (χ0n) is 16.0. The first-order chi connectivity index (χ1) is 14.1. The van der Waals surface area contributed by atoms with E-state index in [0.717, 1.165) is 17.7 Å². The second-order valence-corrected chi connectivity index (χ2v) is 6.35. The number of methoxy groups -OCH3 is 1. The van der Waals surface area contributed by atoms with E-state index in [1.54, 1.807) is 43.5 Å². The molecule has 0 unspecified atom stereocenters. The molecule has 3 aromatic carbocycles. The first-order valence-electron chi connectivity index (χ1n) is 9.11. The molecule has 3 aromatic rings. The van der Waals surface area contributed by atoms with Crippen molar-refractivity contribution in [2.24, 2.45) is 0 Å². The second kappa shape index (κ2) is 9.29. The Labute approximate surface area is 169 Å². The van der Waals surface area contributed by atoms with E-state index < -0.39 is 5.91 Å². The maximum absolute atomic E-state index is 12.5. The van der Waals surface area contributed by atoms with Crippen LogP contribution in [-0.2, 0) is 11.2 Å². The summed E-state index contributed by atoms with van der Waals surface area (Å²) in [6.07, 6.45) is 2.16. The molecular formula is C23H21N3O3. The van der Waals surface area contributed by atoms with E-state index in [-0.39, 0.29) is 11.3 Å². The summed E-state index contributed by atoms with van der Waals surface area (Å²) in [5.41, 5.74) is 1.62. The summed E-state index contributed by atoms with van der Waals surface area (Å²) in [5.74, 6) is 0.418. The summed E-state index contributed by atoms with van der Waals surface area (Å²) >= 11 is 0. The Kier molecular flexibility index (Phi) is 6.33. The molecule has 3 rings (SSSR count). The van der Waals surface area contributed by atoms with E-state index in [4.69, 9.17) is 4.74 Å².